The molecular formula is C6H10O2. The van der Waals surface area contributed by atoms with Gasteiger partial charge in [-0.05, 0) is 19.3 Å². The maximum absolute atomic E-state index is 10.5. The highest BCUT2D eigenvalue weighted by molar-refractivity contribution is 5.83. The normalized spacial score (nSPS) is 30.6. The smallest absolute Gasteiger partial charge is 0.161 e. The van der Waals surface area contributed by atoms with Crippen LogP contribution in [0.4, 0.5) is 0 Å². The third-order valence-electron chi connectivity index (χ3n) is 1.52. The topological polar surface area (TPSA) is 37.3 Å². The molecule has 1 rings (SSSR count). The van der Waals surface area contributed by atoms with E-state index in [1.54, 1.807) is 0 Å². The highest BCUT2D eigenvalue weighted by Crippen LogP contribution is 2.13. The van der Waals surface area contributed by atoms with E-state index in [9.17, 15) is 4.79 Å². The third-order valence-corrected chi connectivity index (χ3v) is 1.52. The Morgan fingerprint density at radius 1 is 1.50 bits per heavy atom. The molecule has 1 fully saturated rings. The molecule has 0 spiro atoms. The van der Waals surface area contributed by atoms with Crippen LogP contribution >= 0.6 is 0 Å². The maximum atomic E-state index is 10.5. The van der Waals surface area contributed by atoms with Crippen molar-refractivity contribution in [2.75, 3.05) is 0 Å². The molecule has 8 heavy (non-hydrogen) atoms. The second kappa shape index (κ2) is 2.27. The SMILES string of the molecule is O=C1CCCC[C@@H]1O. The summed E-state index contributed by atoms with van der Waals surface area (Å²) in [7, 11) is 0. The van der Waals surface area contributed by atoms with Crippen LogP contribution in [-0.2, 0) is 4.79 Å². The number of aliphatic hydroxyl groups excluding tert-OH is 1. The molecule has 0 bridgehead atoms. The molecule has 1 saturated carbocycles. The standard InChI is InChI=1S/C6H10O2/c7-5-3-1-2-4-6(5)8/h5,7H,1-4H2/t5-/m0/s1. The number of aliphatic hydroxyl groups is 1. The Kier molecular flexibility index (Phi) is 1.63. The Labute approximate surface area is 48.5 Å². The summed E-state index contributed by atoms with van der Waals surface area (Å²) >= 11 is 0. The molecule has 0 aromatic heterocycles. The van der Waals surface area contributed by atoms with Crippen molar-refractivity contribution < 1.29 is 9.90 Å². The van der Waals surface area contributed by atoms with Gasteiger partial charge in [0.1, 0.15) is 6.10 Å². The molecule has 0 amide bonds. The molecular weight excluding hydrogens is 104 g/mol. The van der Waals surface area contributed by atoms with E-state index in [4.69, 9.17) is 5.11 Å². The third kappa shape index (κ3) is 1.07. The average molecular weight is 114 g/mol. The van der Waals surface area contributed by atoms with Gasteiger partial charge in [-0.1, -0.05) is 0 Å². The summed E-state index contributed by atoms with van der Waals surface area (Å²) in [5.41, 5.74) is 0. The zero-order valence-electron chi connectivity index (χ0n) is 4.76. The Balaban J connectivity index is 2.39. The lowest BCUT2D eigenvalue weighted by Gasteiger charge is -2.13. The molecule has 0 aliphatic heterocycles. The van der Waals surface area contributed by atoms with Crippen LogP contribution in [0.2, 0.25) is 0 Å². The fourth-order valence-electron chi connectivity index (χ4n) is 0.965. The lowest BCUT2D eigenvalue weighted by molar-refractivity contribution is -0.129. The Hall–Kier alpha value is -0.370. The molecule has 0 radical (unpaired) electrons. The highest BCUT2D eigenvalue weighted by atomic mass is 16.3. The molecule has 0 aromatic rings. The van der Waals surface area contributed by atoms with E-state index >= 15 is 0 Å². The summed E-state index contributed by atoms with van der Waals surface area (Å²) < 4.78 is 0. The fraction of sp³-hybridized carbons (Fsp3) is 0.833. The predicted molar refractivity (Wildman–Crippen MR) is 29.5 cm³/mol. The van der Waals surface area contributed by atoms with Crippen LogP contribution in [0.1, 0.15) is 25.7 Å². The zero-order valence-corrected chi connectivity index (χ0v) is 4.76. The highest BCUT2D eigenvalue weighted by Gasteiger charge is 2.18. The number of hydrogen-bond donors (Lipinski definition) is 1. The van der Waals surface area contributed by atoms with Crippen molar-refractivity contribution in [3.8, 4) is 0 Å². The minimum absolute atomic E-state index is 0.0243. The predicted octanol–water partition coefficient (Wildman–Crippen LogP) is 0.490. The van der Waals surface area contributed by atoms with E-state index in [0.29, 0.717) is 12.8 Å². The largest absolute Gasteiger partial charge is 0.385 e. The first-order valence-corrected chi connectivity index (χ1v) is 3.01. The molecule has 0 unspecified atom stereocenters. The van der Waals surface area contributed by atoms with E-state index in [2.05, 4.69) is 0 Å². The van der Waals surface area contributed by atoms with E-state index < -0.39 is 6.10 Å². The second-order valence-electron chi connectivity index (χ2n) is 2.23. The van der Waals surface area contributed by atoms with Gasteiger partial charge in [0, 0.05) is 6.42 Å². The molecule has 1 N–H and O–H groups in total. The van der Waals surface area contributed by atoms with Crippen molar-refractivity contribution in [1.82, 2.24) is 0 Å². The molecule has 0 aromatic carbocycles. The molecule has 1 aliphatic rings. The van der Waals surface area contributed by atoms with Gasteiger partial charge in [-0.3, -0.25) is 4.79 Å². The van der Waals surface area contributed by atoms with Crippen LogP contribution in [0.25, 0.3) is 0 Å². The zero-order chi connectivity index (χ0) is 5.98. The van der Waals surface area contributed by atoms with Gasteiger partial charge in [0.15, 0.2) is 5.78 Å². The molecule has 0 saturated heterocycles. The van der Waals surface area contributed by atoms with Gasteiger partial charge >= 0.3 is 0 Å². The summed E-state index contributed by atoms with van der Waals surface area (Å²) in [5, 5.41) is 8.83. The molecule has 46 valence electrons. The summed E-state index contributed by atoms with van der Waals surface area (Å²) in [4.78, 5) is 10.5. The van der Waals surface area contributed by atoms with Crippen LogP contribution in [0.5, 0.6) is 0 Å². The van der Waals surface area contributed by atoms with Crippen molar-refractivity contribution in [2.45, 2.75) is 31.8 Å². The van der Waals surface area contributed by atoms with E-state index in [-0.39, 0.29) is 5.78 Å². The lowest BCUT2D eigenvalue weighted by atomic mass is 9.97. The van der Waals surface area contributed by atoms with Crippen LogP contribution in [-0.4, -0.2) is 17.0 Å². The fourth-order valence-corrected chi connectivity index (χ4v) is 0.965. The molecule has 1 atom stereocenters. The first-order valence-electron chi connectivity index (χ1n) is 3.01. The van der Waals surface area contributed by atoms with Crippen molar-refractivity contribution in [3.63, 3.8) is 0 Å². The van der Waals surface area contributed by atoms with Gasteiger partial charge in [0.2, 0.25) is 0 Å². The van der Waals surface area contributed by atoms with Gasteiger partial charge in [0.05, 0.1) is 0 Å². The number of carbonyl (C=O) groups excluding carboxylic acids is 1. The van der Waals surface area contributed by atoms with Crippen molar-refractivity contribution in [2.24, 2.45) is 0 Å². The van der Waals surface area contributed by atoms with Gasteiger partial charge < -0.3 is 5.11 Å². The number of ketones is 1. The number of rotatable bonds is 0. The minimum atomic E-state index is -0.635. The van der Waals surface area contributed by atoms with E-state index in [1.165, 1.54) is 0 Å². The Morgan fingerprint density at radius 2 is 2.25 bits per heavy atom. The van der Waals surface area contributed by atoms with Crippen molar-refractivity contribution in [1.29, 1.82) is 0 Å². The van der Waals surface area contributed by atoms with Crippen LogP contribution in [0.3, 0.4) is 0 Å². The molecule has 2 nitrogen and oxygen atoms in total. The van der Waals surface area contributed by atoms with Gasteiger partial charge in [-0.15, -0.1) is 0 Å². The Morgan fingerprint density at radius 3 is 2.62 bits per heavy atom. The number of hydrogen-bond acceptors (Lipinski definition) is 2. The summed E-state index contributed by atoms with van der Waals surface area (Å²) in [6, 6.07) is 0. The average Bonchev–Trinajstić information content (AvgIpc) is 1.77. The quantitative estimate of drug-likeness (QED) is 0.497. The minimum Gasteiger partial charge on any atom is -0.385 e. The summed E-state index contributed by atoms with van der Waals surface area (Å²) in [6.07, 6.45) is 2.60. The second-order valence-corrected chi connectivity index (χ2v) is 2.23. The van der Waals surface area contributed by atoms with Gasteiger partial charge in [-0.25, -0.2) is 0 Å². The first kappa shape index (κ1) is 5.76. The number of carbonyl (C=O) groups is 1. The molecule has 2 heteroatoms. The lowest BCUT2D eigenvalue weighted by Crippen LogP contribution is -2.23. The monoisotopic (exact) mass is 114 g/mol. The van der Waals surface area contributed by atoms with Crippen LogP contribution in [0.15, 0.2) is 0 Å². The Bertz CT molecular complexity index is 98.7. The molecule has 0 heterocycles. The molecule has 1 aliphatic carbocycles. The van der Waals surface area contributed by atoms with Crippen LogP contribution in [0, 0.1) is 0 Å². The van der Waals surface area contributed by atoms with Crippen LogP contribution < -0.4 is 0 Å². The van der Waals surface area contributed by atoms with E-state index in [0.717, 1.165) is 12.8 Å². The van der Waals surface area contributed by atoms with Gasteiger partial charge in [0.25, 0.3) is 0 Å². The summed E-state index contributed by atoms with van der Waals surface area (Å²) in [6.45, 7) is 0. The number of Topliss-reactive ketones (excluding diaryl/α,β-unsaturated/α-hetero) is 1. The van der Waals surface area contributed by atoms with Crippen molar-refractivity contribution in [3.05, 3.63) is 0 Å². The van der Waals surface area contributed by atoms with Gasteiger partial charge in [-0.2, -0.15) is 0 Å². The first-order chi connectivity index (χ1) is 3.80. The maximum Gasteiger partial charge on any atom is 0.161 e. The summed E-state index contributed by atoms with van der Waals surface area (Å²) in [5.74, 6) is 0.0243. The van der Waals surface area contributed by atoms with E-state index in [1.807, 2.05) is 0 Å². The van der Waals surface area contributed by atoms with Crippen molar-refractivity contribution >= 4 is 5.78 Å².